The minimum Gasteiger partial charge on any atom is -0.490 e. The molecule has 1 aliphatic heterocycles. The molecule has 2 rings (SSSR count). The lowest BCUT2D eigenvalue weighted by Crippen LogP contribution is -2.36. The number of piperidine rings is 1. The summed E-state index contributed by atoms with van der Waals surface area (Å²) in [6.45, 7) is 1.25. The summed E-state index contributed by atoms with van der Waals surface area (Å²) in [6.07, 6.45) is 2.63. The van der Waals surface area contributed by atoms with Crippen LogP contribution < -0.4 is 9.64 Å². The van der Waals surface area contributed by atoms with Crippen LogP contribution >= 0.6 is 0 Å². The van der Waals surface area contributed by atoms with Crippen molar-refractivity contribution in [3.05, 3.63) is 28.3 Å². The number of methoxy groups -OCH3 is 1. The number of nitro groups is 1. The van der Waals surface area contributed by atoms with Gasteiger partial charge in [-0.15, -0.1) is 0 Å². The monoisotopic (exact) mass is 264 g/mol. The standard InChI is InChI=1S/C13H16N2O4/c1-19-12-6-2-5-11(13(12)15(17)18)14-7-3-4-10(8-14)9-16/h2,5-6,9-10H,3-4,7-8H2,1H3. The molecule has 0 amide bonds. The van der Waals surface area contributed by atoms with E-state index in [-0.39, 0.29) is 17.4 Å². The average Bonchev–Trinajstić information content (AvgIpc) is 2.46. The van der Waals surface area contributed by atoms with E-state index in [1.807, 2.05) is 4.90 Å². The van der Waals surface area contributed by atoms with Crippen LogP contribution in [0, 0.1) is 16.0 Å². The largest absolute Gasteiger partial charge is 0.490 e. The molecule has 1 saturated heterocycles. The molecule has 0 aromatic heterocycles. The first-order valence-electron chi connectivity index (χ1n) is 6.19. The van der Waals surface area contributed by atoms with Gasteiger partial charge in [0, 0.05) is 19.0 Å². The van der Waals surface area contributed by atoms with Gasteiger partial charge in [0.1, 0.15) is 12.0 Å². The Labute approximate surface area is 111 Å². The number of rotatable bonds is 4. The third-order valence-electron chi connectivity index (χ3n) is 3.37. The van der Waals surface area contributed by atoms with Crippen molar-refractivity contribution in [2.45, 2.75) is 12.8 Å². The molecule has 0 radical (unpaired) electrons. The van der Waals surface area contributed by atoms with E-state index in [0.29, 0.717) is 12.2 Å². The van der Waals surface area contributed by atoms with Crippen molar-refractivity contribution in [2.75, 3.05) is 25.1 Å². The summed E-state index contributed by atoms with van der Waals surface area (Å²) >= 11 is 0. The highest BCUT2D eigenvalue weighted by Gasteiger charge is 2.28. The first-order valence-corrected chi connectivity index (χ1v) is 6.19. The lowest BCUT2D eigenvalue weighted by Gasteiger charge is -2.31. The van der Waals surface area contributed by atoms with Crippen molar-refractivity contribution in [3.8, 4) is 5.75 Å². The Bertz CT molecular complexity index is 490. The van der Waals surface area contributed by atoms with Crippen LogP contribution in [0.1, 0.15) is 12.8 Å². The summed E-state index contributed by atoms with van der Waals surface area (Å²) < 4.78 is 5.05. The lowest BCUT2D eigenvalue weighted by atomic mass is 9.99. The van der Waals surface area contributed by atoms with Gasteiger partial charge in [0.15, 0.2) is 5.75 Å². The zero-order valence-corrected chi connectivity index (χ0v) is 10.7. The number of carbonyl (C=O) groups excluding carboxylic acids is 1. The molecule has 0 aliphatic carbocycles. The number of aldehydes is 1. The Morgan fingerprint density at radius 3 is 2.95 bits per heavy atom. The fourth-order valence-electron chi connectivity index (χ4n) is 2.45. The zero-order valence-electron chi connectivity index (χ0n) is 10.7. The summed E-state index contributed by atoms with van der Waals surface area (Å²) in [5, 5.41) is 11.2. The van der Waals surface area contributed by atoms with E-state index in [1.165, 1.54) is 7.11 Å². The fourth-order valence-corrected chi connectivity index (χ4v) is 2.45. The van der Waals surface area contributed by atoms with E-state index in [1.54, 1.807) is 18.2 Å². The number of nitrogens with zero attached hydrogens (tertiary/aromatic N) is 2. The van der Waals surface area contributed by atoms with Gasteiger partial charge in [-0.1, -0.05) is 6.07 Å². The molecule has 1 heterocycles. The molecule has 1 atom stereocenters. The maximum atomic E-state index is 11.2. The Morgan fingerprint density at radius 1 is 1.53 bits per heavy atom. The highest BCUT2D eigenvalue weighted by atomic mass is 16.6. The van der Waals surface area contributed by atoms with Gasteiger partial charge in [-0.2, -0.15) is 0 Å². The Hall–Kier alpha value is -2.11. The van der Waals surface area contributed by atoms with Gasteiger partial charge in [0.25, 0.3) is 0 Å². The van der Waals surface area contributed by atoms with Crippen molar-refractivity contribution in [1.82, 2.24) is 0 Å². The van der Waals surface area contributed by atoms with Crippen molar-refractivity contribution in [3.63, 3.8) is 0 Å². The van der Waals surface area contributed by atoms with Gasteiger partial charge in [-0.05, 0) is 25.0 Å². The highest BCUT2D eigenvalue weighted by molar-refractivity contribution is 5.70. The van der Waals surface area contributed by atoms with Crippen LogP contribution in [0.25, 0.3) is 0 Å². The van der Waals surface area contributed by atoms with E-state index < -0.39 is 4.92 Å². The molecule has 1 fully saturated rings. The summed E-state index contributed by atoms with van der Waals surface area (Å²) in [5.41, 5.74) is 0.493. The van der Waals surface area contributed by atoms with Crippen LogP contribution in [0.15, 0.2) is 18.2 Å². The number of para-hydroxylation sites is 1. The van der Waals surface area contributed by atoms with Gasteiger partial charge in [0.05, 0.1) is 12.0 Å². The Kier molecular flexibility index (Phi) is 3.99. The fraction of sp³-hybridized carbons (Fsp3) is 0.462. The highest BCUT2D eigenvalue weighted by Crippen LogP contribution is 2.38. The van der Waals surface area contributed by atoms with Gasteiger partial charge in [0.2, 0.25) is 0 Å². The van der Waals surface area contributed by atoms with Crippen molar-refractivity contribution in [2.24, 2.45) is 5.92 Å². The normalized spacial score (nSPS) is 19.0. The third kappa shape index (κ3) is 2.67. The SMILES string of the molecule is COc1cccc(N2CCCC(C=O)C2)c1[N+](=O)[O-]. The summed E-state index contributed by atoms with van der Waals surface area (Å²) in [6, 6.07) is 5.00. The zero-order chi connectivity index (χ0) is 13.8. The summed E-state index contributed by atoms with van der Waals surface area (Å²) in [5.74, 6) is 0.190. The molecule has 102 valence electrons. The van der Waals surface area contributed by atoms with Gasteiger partial charge in [-0.25, -0.2) is 0 Å². The van der Waals surface area contributed by atoms with Gasteiger partial charge >= 0.3 is 5.69 Å². The van der Waals surface area contributed by atoms with Crippen LogP contribution in [0.3, 0.4) is 0 Å². The van der Waals surface area contributed by atoms with Crippen LogP contribution in [-0.2, 0) is 4.79 Å². The predicted molar refractivity (Wildman–Crippen MR) is 70.6 cm³/mol. The molecule has 0 spiro atoms. The molecular weight excluding hydrogens is 248 g/mol. The van der Waals surface area contributed by atoms with Crippen LogP contribution in [0.4, 0.5) is 11.4 Å². The van der Waals surface area contributed by atoms with E-state index in [2.05, 4.69) is 0 Å². The number of ether oxygens (including phenoxy) is 1. The topological polar surface area (TPSA) is 72.7 Å². The van der Waals surface area contributed by atoms with Crippen LogP contribution in [0.2, 0.25) is 0 Å². The molecule has 1 aromatic carbocycles. The quantitative estimate of drug-likeness (QED) is 0.472. The Balaban J connectivity index is 2.38. The second kappa shape index (κ2) is 5.69. The number of anilines is 1. The van der Waals surface area contributed by atoms with Crippen molar-refractivity contribution in [1.29, 1.82) is 0 Å². The first kappa shape index (κ1) is 13.3. The van der Waals surface area contributed by atoms with E-state index in [0.717, 1.165) is 25.7 Å². The molecule has 6 heteroatoms. The average molecular weight is 264 g/mol. The smallest absolute Gasteiger partial charge is 0.333 e. The summed E-state index contributed by atoms with van der Waals surface area (Å²) in [4.78, 5) is 23.6. The van der Waals surface area contributed by atoms with Gasteiger partial charge in [-0.3, -0.25) is 10.1 Å². The van der Waals surface area contributed by atoms with E-state index >= 15 is 0 Å². The second-order valence-corrected chi connectivity index (χ2v) is 4.57. The number of hydrogen-bond donors (Lipinski definition) is 0. The lowest BCUT2D eigenvalue weighted by molar-refractivity contribution is -0.385. The Morgan fingerprint density at radius 2 is 2.32 bits per heavy atom. The maximum Gasteiger partial charge on any atom is 0.333 e. The van der Waals surface area contributed by atoms with E-state index in [4.69, 9.17) is 4.74 Å². The molecule has 1 unspecified atom stereocenters. The van der Waals surface area contributed by atoms with Crippen molar-refractivity contribution < 1.29 is 14.5 Å². The van der Waals surface area contributed by atoms with Crippen LogP contribution in [-0.4, -0.2) is 31.4 Å². The minimum atomic E-state index is -0.432. The third-order valence-corrected chi connectivity index (χ3v) is 3.37. The molecule has 0 saturated carbocycles. The number of benzene rings is 1. The molecule has 0 N–H and O–H groups in total. The number of nitro benzene ring substituents is 1. The summed E-state index contributed by atoms with van der Waals surface area (Å²) in [7, 11) is 1.41. The molecule has 1 aromatic rings. The molecule has 19 heavy (non-hydrogen) atoms. The predicted octanol–water partition coefficient (Wildman–Crippen LogP) is 2.02. The molecule has 1 aliphatic rings. The van der Waals surface area contributed by atoms with Crippen molar-refractivity contribution >= 4 is 17.7 Å². The molecule has 0 bridgehead atoms. The number of hydrogen-bond acceptors (Lipinski definition) is 5. The second-order valence-electron chi connectivity index (χ2n) is 4.57. The van der Waals surface area contributed by atoms with Crippen LogP contribution in [0.5, 0.6) is 5.75 Å². The maximum absolute atomic E-state index is 11.2. The molecular formula is C13H16N2O4. The van der Waals surface area contributed by atoms with E-state index in [9.17, 15) is 14.9 Å². The first-order chi connectivity index (χ1) is 9.17. The minimum absolute atomic E-state index is 0.0310. The number of carbonyl (C=O) groups is 1. The van der Waals surface area contributed by atoms with Gasteiger partial charge < -0.3 is 14.4 Å². The molecule has 6 nitrogen and oxygen atoms in total.